The van der Waals surface area contributed by atoms with Crippen LogP contribution in [-0.2, 0) is 6.54 Å². The molecular formula is C11H15BrClFN2. The molecule has 0 radical (unpaired) electrons. The fourth-order valence-electron chi connectivity index (χ4n) is 1.90. The molecule has 1 aliphatic heterocycles. The third-order valence-electron chi connectivity index (χ3n) is 2.72. The molecule has 1 saturated heterocycles. The first-order valence-electron chi connectivity index (χ1n) is 5.07. The number of benzene rings is 1. The monoisotopic (exact) mass is 308 g/mol. The van der Waals surface area contributed by atoms with Crippen molar-refractivity contribution in [3.8, 4) is 0 Å². The summed E-state index contributed by atoms with van der Waals surface area (Å²) in [5.74, 6) is -0.205. The minimum atomic E-state index is -0.205. The van der Waals surface area contributed by atoms with Gasteiger partial charge in [0.25, 0.3) is 0 Å². The van der Waals surface area contributed by atoms with Crippen molar-refractivity contribution in [3.63, 3.8) is 0 Å². The van der Waals surface area contributed by atoms with Gasteiger partial charge in [0.2, 0.25) is 0 Å². The third-order valence-corrected chi connectivity index (χ3v) is 3.46. The van der Waals surface area contributed by atoms with Gasteiger partial charge < -0.3 is 5.73 Å². The molecule has 1 atom stereocenters. The molecule has 2 rings (SSSR count). The van der Waals surface area contributed by atoms with E-state index in [2.05, 4.69) is 20.8 Å². The van der Waals surface area contributed by atoms with Gasteiger partial charge in [-0.25, -0.2) is 4.39 Å². The molecule has 1 heterocycles. The Morgan fingerprint density at radius 2 is 2.25 bits per heavy atom. The van der Waals surface area contributed by atoms with Crippen LogP contribution in [0, 0.1) is 5.82 Å². The second kappa shape index (κ2) is 5.96. The first kappa shape index (κ1) is 13.9. The smallest absolute Gasteiger partial charge is 0.124 e. The van der Waals surface area contributed by atoms with E-state index in [1.54, 1.807) is 0 Å². The SMILES string of the molecule is Cl.N[C@H]1CCN(Cc2ccc(F)cc2Br)C1. The van der Waals surface area contributed by atoms with Crippen molar-refractivity contribution in [3.05, 3.63) is 34.1 Å². The van der Waals surface area contributed by atoms with E-state index in [1.165, 1.54) is 12.1 Å². The van der Waals surface area contributed by atoms with Crippen molar-refractivity contribution in [2.24, 2.45) is 5.73 Å². The molecule has 16 heavy (non-hydrogen) atoms. The quantitative estimate of drug-likeness (QED) is 0.910. The van der Waals surface area contributed by atoms with E-state index < -0.39 is 0 Å². The summed E-state index contributed by atoms with van der Waals surface area (Å²) in [6.45, 7) is 2.81. The highest BCUT2D eigenvalue weighted by molar-refractivity contribution is 9.10. The van der Waals surface area contributed by atoms with Crippen LogP contribution in [0.2, 0.25) is 0 Å². The molecule has 0 spiro atoms. The van der Waals surface area contributed by atoms with Gasteiger partial charge in [-0.1, -0.05) is 22.0 Å². The number of rotatable bonds is 2. The van der Waals surface area contributed by atoms with Crippen molar-refractivity contribution in [1.29, 1.82) is 0 Å². The van der Waals surface area contributed by atoms with Crippen molar-refractivity contribution < 1.29 is 4.39 Å². The van der Waals surface area contributed by atoms with Crippen molar-refractivity contribution in [2.75, 3.05) is 13.1 Å². The second-order valence-electron chi connectivity index (χ2n) is 4.02. The minimum absolute atomic E-state index is 0. The Morgan fingerprint density at radius 3 is 2.81 bits per heavy atom. The maximum atomic E-state index is 12.9. The van der Waals surface area contributed by atoms with E-state index in [-0.39, 0.29) is 18.2 Å². The summed E-state index contributed by atoms with van der Waals surface area (Å²) in [7, 11) is 0. The number of hydrogen-bond donors (Lipinski definition) is 1. The van der Waals surface area contributed by atoms with Gasteiger partial charge in [0.15, 0.2) is 0 Å². The van der Waals surface area contributed by atoms with Gasteiger partial charge in [-0.3, -0.25) is 4.90 Å². The van der Waals surface area contributed by atoms with Gasteiger partial charge in [0.1, 0.15) is 5.82 Å². The summed E-state index contributed by atoms with van der Waals surface area (Å²) < 4.78 is 13.7. The molecule has 5 heteroatoms. The van der Waals surface area contributed by atoms with Crippen LogP contribution in [0.3, 0.4) is 0 Å². The highest BCUT2D eigenvalue weighted by Crippen LogP contribution is 2.21. The van der Waals surface area contributed by atoms with Crippen LogP contribution in [0.5, 0.6) is 0 Å². The molecule has 0 unspecified atom stereocenters. The minimum Gasteiger partial charge on any atom is -0.326 e. The van der Waals surface area contributed by atoms with E-state index in [0.29, 0.717) is 6.04 Å². The van der Waals surface area contributed by atoms with E-state index >= 15 is 0 Å². The molecule has 0 saturated carbocycles. The molecule has 0 aliphatic carbocycles. The molecule has 1 aliphatic rings. The van der Waals surface area contributed by atoms with Gasteiger partial charge in [0, 0.05) is 30.1 Å². The Labute approximate surface area is 110 Å². The Balaban J connectivity index is 0.00000128. The van der Waals surface area contributed by atoms with Crippen LogP contribution in [0.25, 0.3) is 0 Å². The summed E-state index contributed by atoms with van der Waals surface area (Å²) in [6.07, 6.45) is 1.05. The summed E-state index contributed by atoms with van der Waals surface area (Å²) >= 11 is 3.37. The number of nitrogens with two attached hydrogens (primary N) is 1. The standard InChI is InChI=1S/C11H14BrFN2.ClH/c12-11-5-9(13)2-1-8(11)6-15-4-3-10(14)7-15;/h1-2,5,10H,3-4,6-7,14H2;1H/t10-;/m0./s1. The largest absolute Gasteiger partial charge is 0.326 e. The molecule has 1 aromatic rings. The van der Waals surface area contributed by atoms with E-state index in [9.17, 15) is 4.39 Å². The van der Waals surface area contributed by atoms with Gasteiger partial charge >= 0.3 is 0 Å². The Hall–Kier alpha value is -0.160. The van der Waals surface area contributed by atoms with E-state index in [0.717, 1.165) is 36.1 Å². The zero-order valence-corrected chi connectivity index (χ0v) is 11.2. The predicted octanol–water partition coefficient (Wildman–Crippen LogP) is 2.54. The summed E-state index contributed by atoms with van der Waals surface area (Å²) in [6, 6.07) is 5.12. The van der Waals surface area contributed by atoms with Gasteiger partial charge in [-0.2, -0.15) is 0 Å². The average molecular weight is 310 g/mol. The van der Waals surface area contributed by atoms with Gasteiger partial charge in [-0.05, 0) is 24.1 Å². The number of halogens is 3. The van der Waals surface area contributed by atoms with E-state index in [4.69, 9.17) is 5.73 Å². The Bertz CT molecular complexity index is 362. The first-order valence-corrected chi connectivity index (χ1v) is 5.86. The lowest BCUT2D eigenvalue weighted by atomic mass is 10.2. The zero-order valence-electron chi connectivity index (χ0n) is 8.83. The fraction of sp³-hybridized carbons (Fsp3) is 0.455. The van der Waals surface area contributed by atoms with Crippen LogP contribution in [0.15, 0.2) is 22.7 Å². The predicted molar refractivity (Wildman–Crippen MR) is 69.2 cm³/mol. The Morgan fingerprint density at radius 1 is 1.50 bits per heavy atom. The van der Waals surface area contributed by atoms with Crippen LogP contribution >= 0.6 is 28.3 Å². The number of nitrogens with zero attached hydrogens (tertiary/aromatic N) is 1. The van der Waals surface area contributed by atoms with Crippen molar-refractivity contribution in [1.82, 2.24) is 4.90 Å². The molecular weight excluding hydrogens is 294 g/mol. The maximum absolute atomic E-state index is 12.9. The molecule has 0 amide bonds. The molecule has 1 fully saturated rings. The molecule has 2 nitrogen and oxygen atoms in total. The highest BCUT2D eigenvalue weighted by Gasteiger charge is 2.19. The van der Waals surface area contributed by atoms with Crippen LogP contribution in [-0.4, -0.2) is 24.0 Å². The van der Waals surface area contributed by atoms with Gasteiger partial charge in [0.05, 0.1) is 0 Å². The highest BCUT2D eigenvalue weighted by atomic mass is 79.9. The normalized spacial score (nSPS) is 20.8. The Kier molecular flexibility index (Phi) is 5.18. The lowest BCUT2D eigenvalue weighted by Crippen LogP contribution is -2.26. The zero-order chi connectivity index (χ0) is 10.8. The van der Waals surface area contributed by atoms with Crippen LogP contribution in [0.4, 0.5) is 4.39 Å². The van der Waals surface area contributed by atoms with Crippen LogP contribution < -0.4 is 5.73 Å². The average Bonchev–Trinajstić information content (AvgIpc) is 2.56. The lowest BCUT2D eigenvalue weighted by molar-refractivity contribution is 0.326. The summed E-state index contributed by atoms with van der Waals surface area (Å²) in [5.41, 5.74) is 6.94. The fourth-order valence-corrected chi connectivity index (χ4v) is 2.37. The number of hydrogen-bond acceptors (Lipinski definition) is 2. The summed E-state index contributed by atoms with van der Waals surface area (Å²) in [5, 5.41) is 0. The molecule has 2 N–H and O–H groups in total. The summed E-state index contributed by atoms with van der Waals surface area (Å²) in [4.78, 5) is 2.29. The van der Waals surface area contributed by atoms with Crippen molar-refractivity contribution in [2.45, 2.75) is 19.0 Å². The van der Waals surface area contributed by atoms with Gasteiger partial charge in [-0.15, -0.1) is 12.4 Å². The van der Waals surface area contributed by atoms with Crippen LogP contribution in [0.1, 0.15) is 12.0 Å². The van der Waals surface area contributed by atoms with Crippen molar-refractivity contribution >= 4 is 28.3 Å². The number of likely N-dealkylation sites (tertiary alicyclic amines) is 1. The molecule has 90 valence electrons. The molecule has 0 bridgehead atoms. The molecule has 0 aromatic heterocycles. The maximum Gasteiger partial charge on any atom is 0.124 e. The molecule has 1 aromatic carbocycles. The topological polar surface area (TPSA) is 29.3 Å². The third kappa shape index (κ3) is 3.42. The second-order valence-corrected chi connectivity index (χ2v) is 4.87. The lowest BCUT2D eigenvalue weighted by Gasteiger charge is -2.16. The first-order chi connectivity index (χ1) is 7.15. The van der Waals surface area contributed by atoms with E-state index in [1.807, 2.05) is 6.07 Å².